The van der Waals surface area contributed by atoms with E-state index in [0.717, 1.165) is 0 Å². The van der Waals surface area contributed by atoms with Crippen molar-refractivity contribution in [2.75, 3.05) is 13.2 Å². The van der Waals surface area contributed by atoms with E-state index in [1.165, 1.54) is 0 Å². The molecule has 23 heteroatoms. The van der Waals surface area contributed by atoms with Crippen LogP contribution in [0.3, 0.4) is 0 Å². The number of rotatable bonds is 13. The summed E-state index contributed by atoms with van der Waals surface area (Å²) in [5.74, 6) is -2.07. The zero-order valence-corrected chi connectivity index (χ0v) is 19.2. The lowest BCUT2D eigenvalue weighted by molar-refractivity contribution is -0.777. The monoisotopic (exact) mass is 578 g/mol. The molecule has 2 saturated heterocycles. The van der Waals surface area contributed by atoms with Gasteiger partial charge in [0.1, 0.15) is 42.7 Å². The molecular formula is C12H18O20S3-2. The van der Waals surface area contributed by atoms with E-state index < -0.39 is 95.1 Å². The Balaban J connectivity index is 2.28. The Hall–Kier alpha value is -0.840. The van der Waals surface area contributed by atoms with Crippen LogP contribution in [0.25, 0.3) is 0 Å². The topological polar surface area (TPSA) is 312 Å². The number of aliphatic hydroxyl groups excluding tert-OH is 3. The molecule has 35 heavy (non-hydrogen) atoms. The van der Waals surface area contributed by atoms with Gasteiger partial charge < -0.3 is 53.8 Å². The van der Waals surface area contributed by atoms with Crippen molar-refractivity contribution < 1.29 is 92.6 Å². The Kier molecular flexibility index (Phi) is 10.9. The van der Waals surface area contributed by atoms with Gasteiger partial charge in [-0.25, -0.2) is 8.42 Å². The van der Waals surface area contributed by atoms with Crippen molar-refractivity contribution >= 4 is 39.1 Å². The Morgan fingerprint density at radius 3 is 2.20 bits per heavy atom. The number of carboxylic acid groups (broad SMARTS) is 1. The summed E-state index contributed by atoms with van der Waals surface area (Å²) in [6.07, 6.45) is -18.2. The van der Waals surface area contributed by atoms with Gasteiger partial charge in [0.05, 0.1) is 19.2 Å². The summed E-state index contributed by atoms with van der Waals surface area (Å²) in [6.45, 7) is -1.70. The van der Waals surface area contributed by atoms with Crippen molar-refractivity contribution in [2.45, 2.75) is 55.1 Å². The van der Waals surface area contributed by atoms with E-state index in [1.54, 1.807) is 0 Å². The number of aliphatic carboxylic acids is 1. The minimum atomic E-state index is -5.23. The van der Waals surface area contributed by atoms with Gasteiger partial charge in [0.15, 0.2) is 24.7 Å². The lowest BCUT2D eigenvalue weighted by atomic mass is 9.98. The van der Waals surface area contributed by atoms with Crippen LogP contribution in [0.5, 0.6) is 0 Å². The number of hydrogen-bond acceptors (Lipinski definition) is 20. The number of hydrogen-bond donors (Lipinski definition) is 3. The molecule has 0 aromatic carbocycles. The van der Waals surface area contributed by atoms with E-state index in [9.17, 15) is 51.9 Å². The van der Waals surface area contributed by atoms with Gasteiger partial charge in [-0.15, -0.1) is 12.8 Å². The number of aliphatic hydroxyl groups is 3. The van der Waals surface area contributed by atoms with Crippen molar-refractivity contribution in [2.24, 2.45) is 0 Å². The van der Waals surface area contributed by atoms with Gasteiger partial charge in [-0.3, -0.25) is 13.4 Å². The predicted octanol–water partition coefficient (Wildman–Crippen LogP) is -7.67. The predicted molar refractivity (Wildman–Crippen MR) is 94.0 cm³/mol. The largest absolute Gasteiger partial charge is 0.726 e. The molecule has 5 N–H and O–H groups in total. The Morgan fingerprint density at radius 1 is 1.00 bits per heavy atom. The van der Waals surface area contributed by atoms with E-state index in [4.69, 9.17) is 22.9 Å². The first-order valence-electron chi connectivity index (χ1n) is 8.89. The van der Waals surface area contributed by atoms with E-state index in [0.29, 0.717) is 0 Å². The van der Waals surface area contributed by atoms with Gasteiger partial charge in [-0.05, 0) is 0 Å². The Bertz CT molecular complexity index is 908. The fraction of sp³-hybridized carbons (Fsp3) is 0.917. The maximum Gasteiger partial charge on any atom is 0.529 e. The molecule has 206 valence electrons. The highest BCUT2D eigenvalue weighted by molar-refractivity contribution is 7.89. The van der Waals surface area contributed by atoms with Crippen LogP contribution in [-0.2, 0) is 61.7 Å². The summed E-state index contributed by atoms with van der Waals surface area (Å²) in [5.41, 5.74) is 0. The lowest BCUT2D eigenvalue weighted by Gasteiger charge is -2.42. The fourth-order valence-corrected chi connectivity index (χ4v) is 4.12. The average Bonchev–Trinajstić information content (AvgIpc) is 3.02. The molecule has 0 aliphatic carbocycles. The average molecular weight is 578 g/mol. The molecule has 0 saturated carbocycles. The first-order chi connectivity index (χ1) is 16.1. The summed E-state index contributed by atoms with van der Waals surface area (Å²) in [7, 11) is -10.3. The molecule has 2 heterocycles. The van der Waals surface area contributed by atoms with Crippen LogP contribution in [0.1, 0.15) is 0 Å². The standard InChI is InChI=1S/C12H20O20S3/c13-5-3(2-26-34(19,20)21)27-4(1-25-33-32-31-18)8(5)28-12-10(30-35(22,23)24)7(15)6(14)9(29-12)11(16)17/h3-10,12-15,18H,1-2H2,(H,16,17)(H,19,20,21)(H,22,23,24)/p-2. The maximum atomic E-state index is 11.3. The van der Waals surface area contributed by atoms with Crippen LogP contribution in [0, 0.1) is 0 Å². The van der Waals surface area contributed by atoms with Gasteiger partial charge in [0, 0.05) is 0 Å². The van der Waals surface area contributed by atoms with E-state index >= 15 is 0 Å². The van der Waals surface area contributed by atoms with Gasteiger partial charge in [-0.1, -0.05) is 0 Å². The minimum absolute atomic E-state index is 0.0264. The lowest BCUT2D eigenvalue weighted by Crippen LogP contribution is -2.64. The fourth-order valence-electron chi connectivity index (χ4n) is 3.08. The molecule has 2 rings (SSSR count). The van der Waals surface area contributed by atoms with Crippen molar-refractivity contribution in [3.05, 3.63) is 0 Å². The Labute approximate surface area is 200 Å². The van der Waals surface area contributed by atoms with Crippen molar-refractivity contribution in [1.29, 1.82) is 0 Å². The van der Waals surface area contributed by atoms with Gasteiger partial charge in [0.25, 0.3) is 0 Å². The van der Waals surface area contributed by atoms with Crippen LogP contribution < -0.4 is 10.4 Å². The molecule has 9 atom stereocenters. The summed E-state index contributed by atoms with van der Waals surface area (Å²) in [5, 5.41) is 54.6. The third-order valence-electron chi connectivity index (χ3n) is 4.45. The number of carbonyl (C=O) groups is 1. The SMILES string of the molecule is O=C([O-])C1OC(OC2C(COSOO[O-])OC(COS(=O)(=O)[O-])C2O)C(OS(=O)(=O)[OH2+])C(O)C1O. The molecule has 0 aromatic heterocycles. The third-order valence-corrected chi connectivity index (χ3v) is 5.70. The van der Waals surface area contributed by atoms with Gasteiger partial charge in [0.2, 0.25) is 10.4 Å². The van der Waals surface area contributed by atoms with Crippen molar-refractivity contribution in [1.82, 2.24) is 0 Å². The number of carbonyl (C=O) groups excluding carboxylic acids is 1. The van der Waals surface area contributed by atoms with E-state index in [1.807, 2.05) is 0 Å². The second-order valence-corrected chi connectivity index (χ2v) is 9.39. The van der Waals surface area contributed by atoms with Crippen LogP contribution in [0.4, 0.5) is 0 Å². The number of carboxylic acids is 1. The van der Waals surface area contributed by atoms with E-state index in [-0.39, 0.29) is 12.3 Å². The first-order valence-corrected chi connectivity index (χ1v) is 12.3. The smallest absolute Gasteiger partial charge is 0.529 e. The summed E-state index contributed by atoms with van der Waals surface area (Å²) in [4.78, 5) is 11.2. The van der Waals surface area contributed by atoms with Crippen LogP contribution in [0.15, 0.2) is 0 Å². The minimum Gasteiger partial charge on any atom is -0.726 e. The summed E-state index contributed by atoms with van der Waals surface area (Å²) in [6, 6.07) is 0. The second kappa shape index (κ2) is 12.6. The van der Waals surface area contributed by atoms with Crippen molar-refractivity contribution in [3.63, 3.8) is 0 Å². The molecular weight excluding hydrogens is 560 g/mol. The van der Waals surface area contributed by atoms with Crippen molar-refractivity contribution in [3.8, 4) is 0 Å². The summed E-state index contributed by atoms with van der Waals surface area (Å²) < 4.78 is 93.9. The molecule has 20 nitrogen and oxygen atoms in total. The Morgan fingerprint density at radius 2 is 1.66 bits per heavy atom. The molecule has 9 unspecified atom stereocenters. The third kappa shape index (κ3) is 8.90. The van der Waals surface area contributed by atoms with E-state index in [2.05, 4.69) is 17.7 Å². The first kappa shape index (κ1) is 30.4. The van der Waals surface area contributed by atoms with Crippen LogP contribution >= 0.6 is 12.3 Å². The van der Waals surface area contributed by atoms with Gasteiger partial charge in [-0.2, -0.15) is 4.18 Å². The normalized spacial score (nSPS) is 36.3. The molecule has 2 aliphatic rings. The molecule has 0 bridgehead atoms. The highest BCUT2D eigenvalue weighted by Crippen LogP contribution is 2.32. The quantitative estimate of drug-likeness (QED) is 0.0347. The second-order valence-electron chi connectivity index (χ2n) is 6.73. The van der Waals surface area contributed by atoms with Crippen LogP contribution in [-0.4, -0.2) is 116 Å². The maximum absolute atomic E-state index is 11.3. The molecule has 0 radical (unpaired) electrons. The molecule has 2 aliphatic heterocycles. The highest BCUT2D eigenvalue weighted by atomic mass is 32.3. The molecule has 0 spiro atoms. The zero-order chi connectivity index (χ0) is 26.6. The molecule has 0 aromatic rings. The summed E-state index contributed by atoms with van der Waals surface area (Å²) >= 11 is -0.0264. The number of ether oxygens (including phenoxy) is 3. The zero-order valence-electron chi connectivity index (χ0n) is 16.7. The van der Waals surface area contributed by atoms with Crippen LogP contribution in [0.2, 0.25) is 0 Å². The van der Waals surface area contributed by atoms with Gasteiger partial charge >= 0.3 is 10.4 Å². The highest BCUT2D eigenvalue weighted by Gasteiger charge is 2.53. The molecule has 2 fully saturated rings. The molecule has 0 amide bonds.